The van der Waals surface area contributed by atoms with E-state index in [-0.39, 0.29) is 18.7 Å². The molecule has 0 bridgehead atoms. The van der Waals surface area contributed by atoms with Crippen molar-refractivity contribution in [1.29, 1.82) is 0 Å². The standard InChI is InChI=1S/C18H22N4O4/c23-18(19-10-15-2-1-9-24-15)20-13-5-7-14(8-6-13)25-11-16-21-17(26-22-16)12-3-4-12/h5-8,12,15H,1-4,9-11H2,(H2,19,20,23). The van der Waals surface area contributed by atoms with Gasteiger partial charge in [-0.3, -0.25) is 0 Å². The molecule has 1 atom stereocenters. The summed E-state index contributed by atoms with van der Waals surface area (Å²) >= 11 is 0. The van der Waals surface area contributed by atoms with E-state index in [4.69, 9.17) is 14.0 Å². The van der Waals surface area contributed by atoms with Crippen molar-refractivity contribution in [3.05, 3.63) is 36.0 Å². The summed E-state index contributed by atoms with van der Waals surface area (Å²) in [6.45, 7) is 1.56. The van der Waals surface area contributed by atoms with Gasteiger partial charge >= 0.3 is 6.03 Å². The Bertz CT molecular complexity index is 736. The van der Waals surface area contributed by atoms with E-state index in [1.54, 1.807) is 24.3 Å². The number of carbonyl (C=O) groups excluding carboxylic acids is 1. The first kappa shape index (κ1) is 16.8. The number of benzene rings is 1. The van der Waals surface area contributed by atoms with Gasteiger partial charge in [0.1, 0.15) is 5.75 Å². The highest BCUT2D eigenvalue weighted by Crippen LogP contribution is 2.38. The molecule has 138 valence electrons. The van der Waals surface area contributed by atoms with Crippen LogP contribution in [-0.2, 0) is 11.3 Å². The lowest BCUT2D eigenvalue weighted by molar-refractivity contribution is 0.112. The van der Waals surface area contributed by atoms with Gasteiger partial charge in [-0.15, -0.1) is 0 Å². The van der Waals surface area contributed by atoms with Crippen LogP contribution in [0.25, 0.3) is 0 Å². The molecule has 1 unspecified atom stereocenters. The monoisotopic (exact) mass is 358 g/mol. The molecule has 1 aliphatic carbocycles. The van der Waals surface area contributed by atoms with E-state index in [1.807, 2.05) is 0 Å². The fourth-order valence-electron chi connectivity index (χ4n) is 2.79. The molecule has 26 heavy (non-hydrogen) atoms. The fourth-order valence-corrected chi connectivity index (χ4v) is 2.79. The van der Waals surface area contributed by atoms with E-state index in [0.717, 1.165) is 32.3 Å². The molecule has 8 nitrogen and oxygen atoms in total. The molecule has 2 amide bonds. The third-order valence-electron chi connectivity index (χ3n) is 4.40. The Labute approximate surface area is 151 Å². The number of carbonyl (C=O) groups is 1. The van der Waals surface area contributed by atoms with Crippen molar-refractivity contribution in [3.63, 3.8) is 0 Å². The van der Waals surface area contributed by atoms with Crippen LogP contribution in [0.2, 0.25) is 0 Å². The number of urea groups is 1. The predicted octanol–water partition coefficient (Wildman–Crippen LogP) is 2.83. The molecule has 2 aliphatic rings. The van der Waals surface area contributed by atoms with Gasteiger partial charge in [-0.2, -0.15) is 4.98 Å². The minimum absolute atomic E-state index is 0.127. The van der Waals surface area contributed by atoms with Crippen LogP contribution in [0.4, 0.5) is 10.5 Å². The summed E-state index contributed by atoms with van der Waals surface area (Å²) in [7, 11) is 0. The normalized spacial score (nSPS) is 19.3. The molecule has 1 aliphatic heterocycles. The van der Waals surface area contributed by atoms with Gasteiger partial charge in [0.05, 0.1) is 6.10 Å². The number of nitrogens with zero attached hydrogens (tertiary/aromatic N) is 2. The molecule has 8 heteroatoms. The first-order valence-electron chi connectivity index (χ1n) is 8.98. The molecule has 1 aromatic heterocycles. The molecule has 2 N–H and O–H groups in total. The maximum atomic E-state index is 11.9. The molecule has 1 saturated heterocycles. The fraction of sp³-hybridized carbons (Fsp3) is 0.500. The van der Waals surface area contributed by atoms with Crippen molar-refractivity contribution in [2.45, 2.75) is 44.3 Å². The van der Waals surface area contributed by atoms with Crippen molar-refractivity contribution in [3.8, 4) is 5.75 Å². The topological polar surface area (TPSA) is 98.5 Å². The average molecular weight is 358 g/mol. The van der Waals surface area contributed by atoms with Crippen LogP contribution in [0.15, 0.2) is 28.8 Å². The summed E-state index contributed by atoms with van der Waals surface area (Å²) in [4.78, 5) is 16.2. The predicted molar refractivity (Wildman–Crippen MR) is 93.0 cm³/mol. The highest BCUT2D eigenvalue weighted by atomic mass is 16.5. The lowest BCUT2D eigenvalue weighted by atomic mass is 10.2. The molecular weight excluding hydrogens is 336 g/mol. The van der Waals surface area contributed by atoms with Crippen molar-refractivity contribution in [2.24, 2.45) is 0 Å². The molecule has 4 rings (SSSR count). The van der Waals surface area contributed by atoms with E-state index < -0.39 is 0 Å². The van der Waals surface area contributed by atoms with Gasteiger partial charge in [0.25, 0.3) is 0 Å². The summed E-state index contributed by atoms with van der Waals surface area (Å²) in [5, 5.41) is 9.52. The highest BCUT2D eigenvalue weighted by Gasteiger charge is 2.29. The summed E-state index contributed by atoms with van der Waals surface area (Å²) in [5.74, 6) is 2.36. The Morgan fingerprint density at radius 3 is 2.81 bits per heavy atom. The summed E-state index contributed by atoms with van der Waals surface area (Å²) in [6, 6.07) is 6.91. The van der Waals surface area contributed by atoms with Crippen molar-refractivity contribution < 1.29 is 18.8 Å². The van der Waals surface area contributed by atoms with Crippen LogP contribution in [0, 0.1) is 0 Å². The van der Waals surface area contributed by atoms with Crippen molar-refractivity contribution in [2.75, 3.05) is 18.5 Å². The number of aromatic nitrogens is 2. The highest BCUT2D eigenvalue weighted by molar-refractivity contribution is 5.89. The van der Waals surface area contributed by atoms with Gasteiger partial charge in [0.15, 0.2) is 6.61 Å². The minimum Gasteiger partial charge on any atom is -0.485 e. The van der Waals surface area contributed by atoms with Crippen LogP contribution in [0.3, 0.4) is 0 Å². The number of ether oxygens (including phenoxy) is 2. The van der Waals surface area contributed by atoms with E-state index in [2.05, 4.69) is 20.8 Å². The number of hydrogen-bond acceptors (Lipinski definition) is 6. The molecule has 0 radical (unpaired) electrons. The number of hydrogen-bond donors (Lipinski definition) is 2. The maximum absolute atomic E-state index is 11.9. The molecule has 1 aromatic carbocycles. The van der Waals surface area contributed by atoms with Crippen LogP contribution in [-0.4, -0.2) is 35.4 Å². The van der Waals surface area contributed by atoms with E-state index in [0.29, 0.717) is 35.6 Å². The lowest BCUT2D eigenvalue weighted by Gasteiger charge is -2.12. The van der Waals surface area contributed by atoms with Crippen LogP contribution < -0.4 is 15.4 Å². The SMILES string of the molecule is O=C(NCC1CCCO1)Nc1ccc(OCc2noc(C3CC3)n2)cc1. The first-order chi connectivity index (χ1) is 12.8. The van der Waals surface area contributed by atoms with Gasteiger partial charge in [-0.05, 0) is 49.9 Å². The van der Waals surface area contributed by atoms with Crippen molar-refractivity contribution >= 4 is 11.7 Å². The van der Waals surface area contributed by atoms with Crippen LogP contribution in [0.1, 0.15) is 43.3 Å². The first-order valence-corrected chi connectivity index (χ1v) is 8.98. The van der Waals surface area contributed by atoms with E-state index >= 15 is 0 Å². The lowest BCUT2D eigenvalue weighted by Crippen LogP contribution is -2.34. The molecule has 2 heterocycles. The Morgan fingerprint density at radius 1 is 1.23 bits per heavy atom. The van der Waals surface area contributed by atoms with Crippen LogP contribution >= 0.6 is 0 Å². The molecule has 2 aromatic rings. The van der Waals surface area contributed by atoms with Crippen LogP contribution in [0.5, 0.6) is 5.75 Å². The molecular formula is C18H22N4O4. The zero-order chi connectivity index (χ0) is 17.8. The average Bonchev–Trinajstić information content (AvgIpc) is 3.18. The van der Waals surface area contributed by atoms with E-state index in [9.17, 15) is 4.79 Å². The molecule has 2 fully saturated rings. The van der Waals surface area contributed by atoms with Gasteiger partial charge in [-0.25, -0.2) is 4.79 Å². The number of amides is 2. The molecule has 0 spiro atoms. The van der Waals surface area contributed by atoms with Gasteiger partial charge in [0.2, 0.25) is 11.7 Å². The summed E-state index contributed by atoms with van der Waals surface area (Å²) in [6.07, 6.45) is 4.43. The molecule has 1 saturated carbocycles. The summed E-state index contributed by atoms with van der Waals surface area (Å²) < 4.78 is 16.3. The number of rotatable bonds is 7. The number of anilines is 1. The Hall–Kier alpha value is -2.61. The Kier molecular flexibility index (Phi) is 5.01. The van der Waals surface area contributed by atoms with Gasteiger partial charge in [-0.1, -0.05) is 5.16 Å². The zero-order valence-electron chi connectivity index (χ0n) is 14.4. The van der Waals surface area contributed by atoms with Gasteiger partial charge in [0, 0.05) is 24.8 Å². The second-order valence-electron chi connectivity index (χ2n) is 6.61. The second kappa shape index (κ2) is 7.74. The minimum atomic E-state index is -0.242. The smallest absolute Gasteiger partial charge is 0.319 e. The number of nitrogens with one attached hydrogen (secondary N) is 2. The third-order valence-corrected chi connectivity index (χ3v) is 4.40. The Morgan fingerprint density at radius 2 is 2.08 bits per heavy atom. The summed E-state index contributed by atoms with van der Waals surface area (Å²) in [5.41, 5.74) is 0.692. The quantitative estimate of drug-likeness (QED) is 0.790. The van der Waals surface area contributed by atoms with Crippen molar-refractivity contribution in [1.82, 2.24) is 15.5 Å². The second-order valence-corrected chi connectivity index (χ2v) is 6.61. The van der Waals surface area contributed by atoms with E-state index in [1.165, 1.54) is 0 Å². The third kappa shape index (κ3) is 4.51. The van der Waals surface area contributed by atoms with Gasteiger partial charge < -0.3 is 24.6 Å². The zero-order valence-corrected chi connectivity index (χ0v) is 14.4. The largest absolute Gasteiger partial charge is 0.485 e. The Balaban J connectivity index is 1.21. The maximum Gasteiger partial charge on any atom is 0.319 e.